The Morgan fingerprint density at radius 3 is 2.83 bits per heavy atom. The topological polar surface area (TPSA) is 51.0 Å². The lowest BCUT2D eigenvalue weighted by molar-refractivity contribution is -0.131. The maximum absolute atomic E-state index is 12.9. The van der Waals surface area contributed by atoms with Crippen LogP contribution < -0.4 is 0 Å². The summed E-state index contributed by atoms with van der Waals surface area (Å²) >= 11 is 1.72. The van der Waals surface area contributed by atoms with Crippen molar-refractivity contribution in [1.29, 1.82) is 0 Å². The summed E-state index contributed by atoms with van der Waals surface area (Å²) in [6.07, 6.45) is 4.63. The molecular formula is C18H22N4OS. The second kappa shape index (κ2) is 6.59. The van der Waals surface area contributed by atoms with Gasteiger partial charge in [0, 0.05) is 30.4 Å². The van der Waals surface area contributed by atoms with Crippen LogP contribution >= 0.6 is 11.8 Å². The Hall–Kier alpha value is -1.82. The van der Waals surface area contributed by atoms with Crippen molar-refractivity contribution < 1.29 is 4.79 Å². The highest BCUT2D eigenvalue weighted by atomic mass is 32.2. The van der Waals surface area contributed by atoms with Gasteiger partial charge in [0.15, 0.2) is 0 Å². The molecule has 24 heavy (non-hydrogen) atoms. The van der Waals surface area contributed by atoms with Gasteiger partial charge >= 0.3 is 0 Å². The lowest BCUT2D eigenvalue weighted by Crippen LogP contribution is -2.42. The van der Waals surface area contributed by atoms with Crippen LogP contribution in [-0.4, -0.2) is 43.9 Å². The number of thioether (sulfide) groups is 1. The number of benzene rings is 1. The van der Waals surface area contributed by atoms with Crippen molar-refractivity contribution in [3.8, 4) is 0 Å². The van der Waals surface area contributed by atoms with Gasteiger partial charge in [0.05, 0.1) is 5.25 Å². The summed E-state index contributed by atoms with van der Waals surface area (Å²) in [5.41, 5.74) is 1.31. The van der Waals surface area contributed by atoms with Crippen molar-refractivity contribution in [2.24, 2.45) is 0 Å². The van der Waals surface area contributed by atoms with Gasteiger partial charge in [-0.2, -0.15) is 0 Å². The molecule has 0 unspecified atom stereocenters. The second-order valence-corrected chi connectivity index (χ2v) is 7.74. The van der Waals surface area contributed by atoms with Crippen LogP contribution in [0.4, 0.5) is 0 Å². The van der Waals surface area contributed by atoms with Crippen LogP contribution in [0, 0.1) is 0 Å². The van der Waals surface area contributed by atoms with E-state index in [4.69, 9.17) is 0 Å². The molecule has 2 aliphatic rings. The zero-order valence-corrected chi connectivity index (χ0v) is 14.7. The number of piperidine rings is 1. The molecule has 0 radical (unpaired) electrons. The van der Waals surface area contributed by atoms with Crippen LogP contribution in [0.15, 0.2) is 35.5 Å². The average molecular weight is 342 g/mol. The number of carbonyl (C=O) groups is 1. The number of rotatable bonds is 3. The number of amides is 1. The molecule has 6 heteroatoms. The largest absolute Gasteiger partial charge is 0.342 e. The number of hydrogen-bond acceptors (Lipinski definition) is 4. The van der Waals surface area contributed by atoms with E-state index in [-0.39, 0.29) is 5.25 Å². The molecule has 1 amide bonds. The minimum Gasteiger partial charge on any atom is -0.342 e. The fourth-order valence-corrected chi connectivity index (χ4v) is 4.98. The maximum Gasteiger partial charge on any atom is 0.236 e. The third-order valence-corrected chi connectivity index (χ3v) is 6.39. The molecule has 126 valence electrons. The van der Waals surface area contributed by atoms with Gasteiger partial charge < -0.3 is 9.47 Å². The lowest BCUT2D eigenvalue weighted by atomic mass is 9.95. The normalized spacial score (nSPS) is 21.0. The molecule has 1 aromatic heterocycles. The number of likely N-dealkylation sites (tertiary alicyclic amines) is 1. The fraction of sp³-hybridized carbons (Fsp3) is 0.500. The van der Waals surface area contributed by atoms with Crippen LogP contribution in [0.3, 0.4) is 0 Å². The van der Waals surface area contributed by atoms with Crippen LogP contribution in [0.1, 0.15) is 37.1 Å². The first-order chi connectivity index (χ1) is 11.8. The first kappa shape index (κ1) is 15.7. The monoisotopic (exact) mass is 342 g/mol. The molecule has 1 aromatic carbocycles. The van der Waals surface area contributed by atoms with E-state index in [2.05, 4.69) is 39.9 Å². The van der Waals surface area contributed by atoms with Crippen LogP contribution in [0.25, 0.3) is 0 Å². The Morgan fingerprint density at radius 2 is 2.08 bits per heavy atom. The van der Waals surface area contributed by atoms with Gasteiger partial charge in [-0.05, 0) is 37.8 Å². The second-order valence-electron chi connectivity index (χ2n) is 6.49. The summed E-state index contributed by atoms with van der Waals surface area (Å²) in [7, 11) is 0. The summed E-state index contributed by atoms with van der Waals surface area (Å²) in [6.45, 7) is 4.67. The molecule has 0 aliphatic carbocycles. The summed E-state index contributed by atoms with van der Waals surface area (Å²) < 4.78 is 2.12. The maximum atomic E-state index is 12.9. The number of aromatic nitrogens is 3. The summed E-state index contributed by atoms with van der Waals surface area (Å²) in [6, 6.07) is 8.37. The summed E-state index contributed by atoms with van der Waals surface area (Å²) in [4.78, 5) is 16.2. The molecule has 1 atom stereocenters. The van der Waals surface area contributed by atoms with Gasteiger partial charge in [0.2, 0.25) is 5.91 Å². The quantitative estimate of drug-likeness (QED) is 0.861. The standard InChI is InChI=1S/C18H22N4OS/c1-2-21-12-19-20-17(21)13-7-9-22(10-8-13)18(23)16-11-14-5-3-4-6-15(14)24-16/h3-6,12-13,16H,2,7-11H2,1H3/t16-/m0/s1. The summed E-state index contributed by atoms with van der Waals surface area (Å²) in [5, 5.41) is 8.38. The number of aryl methyl sites for hydroxylation is 1. The molecule has 2 aromatic rings. The highest BCUT2D eigenvalue weighted by Gasteiger charge is 2.34. The van der Waals surface area contributed by atoms with Gasteiger partial charge in [-0.15, -0.1) is 22.0 Å². The van der Waals surface area contributed by atoms with E-state index in [9.17, 15) is 4.79 Å². The lowest BCUT2D eigenvalue weighted by Gasteiger charge is -2.33. The van der Waals surface area contributed by atoms with E-state index in [1.165, 1.54) is 10.5 Å². The SMILES string of the molecule is CCn1cnnc1C1CCN(C(=O)[C@@H]2Cc3ccccc3S2)CC1. The molecule has 1 fully saturated rings. The molecule has 4 rings (SSSR count). The van der Waals surface area contributed by atoms with Crippen molar-refractivity contribution in [2.75, 3.05) is 13.1 Å². The Morgan fingerprint density at radius 1 is 1.29 bits per heavy atom. The van der Waals surface area contributed by atoms with Crippen LogP contribution in [0.5, 0.6) is 0 Å². The van der Waals surface area contributed by atoms with Crippen molar-refractivity contribution in [3.05, 3.63) is 42.0 Å². The minimum absolute atomic E-state index is 0.0539. The Bertz CT molecular complexity index is 711. The average Bonchev–Trinajstić information content (AvgIpc) is 3.27. The third-order valence-electron chi connectivity index (χ3n) is 5.08. The first-order valence-electron chi connectivity index (χ1n) is 8.67. The van der Waals surface area contributed by atoms with Crippen molar-refractivity contribution in [2.45, 2.75) is 48.8 Å². The zero-order chi connectivity index (χ0) is 16.5. The van der Waals surface area contributed by atoms with Crippen molar-refractivity contribution in [3.63, 3.8) is 0 Å². The van der Waals surface area contributed by atoms with Crippen LogP contribution in [0.2, 0.25) is 0 Å². The number of nitrogens with zero attached hydrogens (tertiary/aromatic N) is 4. The predicted molar refractivity (Wildman–Crippen MR) is 94.0 cm³/mol. The van der Waals surface area contributed by atoms with E-state index < -0.39 is 0 Å². The van der Waals surface area contributed by atoms with Crippen LogP contribution in [-0.2, 0) is 17.8 Å². The van der Waals surface area contributed by atoms with Gasteiger partial charge in [-0.3, -0.25) is 4.79 Å². The molecule has 1 saturated heterocycles. The Kier molecular flexibility index (Phi) is 4.31. The highest BCUT2D eigenvalue weighted by molar-refractivity contribution is 8.01. The van der Waals surface area contributed by atoms with Gasteiger partial charge in [0.1, 0.15) is 12.2 Å². The van der Waals surface area contributed by atoms with E-state index in [1.807, 2.05) is 11.0 Å². The molecule has 0 saturated carbocycles. The number of carbonyl (C=O) groups excluding carboxylic acids is 1. The molecule has 2 aliphatic heterocycles. The molecule has 5 nitrogen and oxygen atoms in total. The Balaban J connectivity index is 1.37. The molecule has 3 heterocycles. The van der Waals surface area contributed by atoms with E-state index in [1.54, 1.807) is 18.1 Å². The molecule has 0 spiro atoms. The number of hydrogen-bond donors (Lipinski definition) is 0. The smallest absolute Gasteiger partial charge is 0.236 e. The fourth-order valence-electron chi connectivity index (χ4n) is 3.71. The van der Waals surface area contributed by atoms with E-state index in [0.717, 1.165) is 44.7 Å². The predicted octanol–water partition coefficient (Wildman–Crippen LogP) is 2.72. The first-order valence-corrected chi connectivity index (χ1v) is 9.55. The molecule has 0 bridgehead atoms. The highest BCUT2D eigenvalue weighted by Crippen LogP contribution is 2.38. The van der Waals surface area contributed by atoms with Gasteiger partial charge in [-0.25, -0.2) is 0 Å². The molecular weight excluding hydrogens is 320 g/mol. The minimum atomic E-state index is 0.0539. The summed E-state index contributed by atoms with van der Waals surface area (Å²) in [5.74, 6) is 1.80. The Labute approximate surface area is 146 Å². The van der Waals surface area contributed by atoms with Crippen molar-refractivity contribution >= 4 is 17.7 Å². The molecule has 0 N–H and O–H groups in total. The number of fused-ring (bicyclic) bond motifs is 1. The van der Waals surface area contributed by atoms with Crippen molar-refractivity contribution in [1.82, 2.24) is 19.7 Å². The van der Waals surface area contributed by atoms with E-state index >= 15 is 0 Å². The zero-order valence-electron chi connectivity index (χ0n) is 13.9. The van der Waals surface area contributed by atoms with Gasteiger partial charge in [0.25, 0.3) is 0 Å². The van der Waals surface area contributed by atoms with E-state index in [0.29, 0.717) is 11.8 Å². The van der Waals surface area contributed by atoms with Gasteiger partial charge in [-0.1, -0.05) is 18.2 Å². The third kappa shape index (κ3) is 2.83.